The molecule has 0 spiro atoms. The van der Waals surface area contributed by atoms with Gasteiger partial charge in [0.05, 0.1) is 45.6 Å². The number of pyridine rings is 1. The standard InChI is InChI=1S/C33H39ClN10O3/c1-4-25-28(29(40-39-25)26-8-5-21(35)18-36-26)27-19-37-30(42(27)3)31(45)38-22-6-7-23(24(34)17-22)33(47)44-15-13-43(14-16-44)32(46)20-9-11-41(2)12-10-20/h5-8,17-20H,4,9-16,35H2,1-3H3,(H,38,45)(H,39,40). The molecule has 4 N–H and O–H groups in total. The SMILES string of the molecule is CCc1[nH]nc(-c2ccc(N)cn2)c1-c1cnc(C(=O)Nc2ccc(C(=O)N3CCN(C(=O)C4CCN(C)CC4)CC3)c(Cl)c2)n1C. The maximum absolute atomic E-state index is 13.4. The number of anilines is 2. The number of rotatable bonds is 7. The Kier molecular flexibility index (Phi) is 9.28. The van der Waals surface area contributed by atoms with Gasteiger partial charge < -0.3 is 30.3 Å². The first-order valence-corrected chi connectivity index (χ1v) is 16.2. The van der Waals surface area contributed by atoms with Crippen LogP contribution < -0.4 is 11.1 Å². The Labute approximate surface area is 278 Å². The number of nitrogen functional groups attached to an aromatic ring is 1. The van der Waals surface area contributed by atoms with Crippen LogP contribution in [-0.4, -0.2) is 103 Å². The molecule has 3 aromatic heterocycles. The molecule has 0 unspecified atom stereocenters. The highest BCUT2D eigenvalue weighted by atomic mass is 35.5. The number of nitrogens with zero attached hydrogens (tertiary/aromatic N) is 7. The molecule has 14 heteroatoms. The number of nitrogens with one attached hydrogen (secondary N) is 2. The summed E-state index contributed by atoms with van der Waals surface area (Å²) in [6.07, 6.45) is 5.64. The third kappa shape index (κ3) is 6.58. The molecule has 13 nitrogen and oxygen atoms in total. The van der Waals surface area contributed by atoms with E-state index in [2.05, 4.69) is 37.4 Å². The van der Waals surface area contributed by atoms with E-state index in [4.69, 9.17) is 17.3 Å². The van der Waals surface area contributed by atoms with Crippen LogP contribution in [0.2, 0.25) is 5.02 Å². The molecule has 2 aliphatic rings. The summed E-state index contributed by atoms with van der Waals surface area (Å²) in [6.45, 7) is 5.77. The molecule has 0 saturated carbocycles. The van der Waals surface area contributed by atoms with Gasteiger partial charge in [0.2, 0.25) is 5.91 Å². The number of halogens is 1. The minimum Gasteiger partial charge on any atom is -0.397 e. The highest BCUT2D eigenvalue weighted by Gasteiger charge is 2.31. The van der Waals surface area contributed by atoms with E-state index in [1.165, 1.54) is 0 Å². The zero-order chi connectivity index (χ0) is 33.2. The summed E-state index contributed by atoms with van der Waals surface area (Å²) in [7, 11) is 3.84. The van der Waals surface area contributed by atoms with Crippen molar-refractivity contribution < 1.29 is 14.4 Å². The maximum Gasteiger partial charge on any atom is 0.291 e. The number of benzene rings is 1. The van der Waals surface area contributed by atoms with E-state index >= 15 is 0 Å². The van der Waals surface area contributed by atoms with Crippen LogP contribution in [0.1, 0.15) is 46.4 Å². The van der Waals surface area contributed by atoms with Crippen molar-refractivity contribution in [3.05, 3.63) is 64.8 Å². The molecule has 1 aromatic carbocycles. The normalized spacial score (nSPS) is 16.0. The van der Waals surface area contributed by atoms with Crippen LogP contribution in [0.15, 0.2) is 42.7 Å². The lowest BCUT2D eigenvalue weighted by molar-refractivity contribution is -0.138. The smallest absolute Gasteiger partial charge is 0.291 e. The predicted molar refractivity (Wildman–Crippen MR) is 180 cm³/mol. The van der Waals surface area contributed by atoms with Crippen molar-refractivity contribution in [3.8, 4) is 22.6 Å². The first-order chi connectivity index (χ1) is 22.6. The Morgan fingerprint density at radius 1 is 0.979 bits per heavy atom. The number of carbonyl (C=O) groups is 3. The van der Waals surface area contributed by atoms with Gasteiger partial charge in [-0.05, 0) is 69.7 Å². The molecule has 246 valence electrons. The third-order valence-electron chi connectivity index (χ3n) is 9.07. The van der Waals surface area contributed by atoms with E-state index < -0.39 is 5.91 Å². The Bertz CT molecular complexity index is 1780. The molecule has 0 atom stereocenters. The van der Waals surface area contributed by atoms with Gasteiger partial charge in [-0.3, -0.25) is 24.5 Å². The van der Waals surface area contributed by atoms with Gasteiger partial charge in [0.25, 0.3) is 11.8 Å². The van der Waals surface area contributed by atoms with Crippen LogP contribution in [0, 0.1) is 5.92 Å². The summed E-state index contributed by atoms with van der Waals surface area (Å²) < 4.78 is 1.71. The molecule has 6 rings (SSSR count). The number of amides is 3. The number of piperazine rings is 1. The molecule has 0 radical (unpaired) electrons. The number of piperidine rings is 1. The van der Waals surface area contributed by atoms with Crippen molar-refractivity contribution >= 4 is 40.7 Å². The van der Waals surface area contributed by atoms with Gasteiger partial charge in [-0.1, -0.05) is 18.5 Å². The molecule has 2 saturated heterocycles. The average Bonchev–Trinajstić information content (AvgIpc) is 3.68. The number of aromatic nitrogens is 5. The van der Waals surface area contributed by atoms with Crippen molar-refractivity contribution in [2.45, 2.75) is 26.2 Å². The van der Waals surface area contributed by atoms with Gasteiger partial charge in [-0.25, -0.2) is 4.98 Å². The molecular formula is C33H39ClN10O3. The Morgan fingerprint density at radius 3 is 2.36 bits per heavy atom. The lowest BCUT2D eigenvalue weighted by Crippen LogP contribution is -2.52. The first-order valence-electron chi connectivity index (χ1n) is 15.8. The summed E-state index contributed by atoms with van der Waals surface area (Å²) in [4.78, 5) is 54.4. The highest BCUT2D eigenvalue weighted by Crippen LogP contribution is 2.33. The minimum atomic E-state index is -0.437. The summed E-state index contributed by atoms with van der Waals surface area (Å²) in [5.41, 5.74) is 10.8. The van der Waals surface area contributed by atoms with E-state index in [1.54, 1.807) is 59.2 Å². The van der Waals surface area contributed by atoms with Crippen LogP contribution >= 0.6 is 11.6 Å². The number of hydrogen-bond donors (Lipinski definition) is 3. The van der Waals surface area contributed by atoms with E-state index in [9.17, 15) is 14.4 Å². The second-order valence-electron chi connectivity index (χ2n) is 12.1. The van der Waals surface area contributed by atoms with Crippen molar-refractivity contribution in [2.24, 2.45) is 13.0 Å². The summed E-state index contributed by atoms with van der Waals surface area (Å²) in [5.74, 6) is -0.201. The molecule has 3 amide bonds. The first kappa shape index (κ1) is 32.2. The Balaban J connectivity index is 1.11. The fourth-order valence-electron chi connectivity index (χ4n) is 6.26. The van der Waals surface area contributed by atoms with Crippen molar-refractivity contribution in [1.29, 1.82) is 0 Å². The van der Waals surface area contributed by atoms with Crippen molar-refractivity contribution in [2.75, 3.05) is 57.4 Å². The second kappa shape index (κ2) is 13.5. The van der Waals surface area contributed by atoms with Crippen LogP contribution in [0.3, 0.4) is 0 Å². The summed E-state index contributed by atoms with van der Waals surface area (Å²) in [6, 6.07) is 8.39. The van der Waals surface area contributed by atoms with Gasteiger partial charge in [-0.15, -0.1) is 0 Å². The summed E-state index contributed by atoms with van der Waals surface area (Å²) >= 11 is 6.57. The number of carbonyl (C=O) groups excluding carboxylic acids is 3. The number of nitrogens with two attached hydrogens (primary N) is 1. The van der Waals surface area contributed by atoms with Gasteiger partial charge in [0.15, 0.2) is 5.82 Å². The van der Waals surface area contributed by atoms with Crippen LogP contribution in [0.4, 0.5) is 11.4 Å². The molecule has 5 heterocycles. The van der Waals surface area contributed by atoms with Crippen molar-refractivity contribution in [1.82, 2.24) is 39.4 Å². The summed E-state index contributed by atoms with van der Waals surface area (Å²) in [5, 5.41) is 10.6. The quantitative estimate of drug-likeness (QED) is 0.272. The average molecular weight is 659 g/mol. The molecule has 2 fully saturated rings. The topological polar surface area (TPSA) is 158 Å². The second-order valence-corrected chi connectivity index (χ2v) is 12.5. The number of aryl methyl sites for hydroxylation is 1. The monoisotopic (exact) mass is 658 g/mol. The van der Waals surface area contributed by atoms with Gasteiger partial charge in [0, 0.05) is 50.5 Å². The number of aromatic amines is 1. The minimum absolute atomic E-state index is 0.0619. The molecule has 2 aliphatic heterocycles. The molecule has 47 heavy (non-hydrogen) atoms. The van der Waals surface area contributed by atoms with Gasteiger partial charge in [-0.2, -0.15) is 5.10 Å². The zero-order valence-corrected chi connectivity index (χ0v) is 27.5. The maximum atomic E-state index is 13.4. The van der Waals surface area contributed by atoms with E-state index in [-0.39, 0.29) is 28.6 Å². The number of likely N-dealkylation sites (tertiary alicyclic amines) is 1. The zero-order valence-electron chi connectivity index (χ0n) is 26.8. The molecule has 0 bridgehead atoms. The number of hydrogen-bond acceptors (Lipinski definition) is 8. The molecule has 4 aromatic rings. The molecular weight excluding hydrogens is 620 g/mol. The van der Waals surface area contributed by atoms with Crippen LogP contribution in [0.25, 0.3) is 22.6 Å². The number of H-pyrrole nitrogens is 1. The highest BCUT2D eigenvalue weighted by molar-refractivity contribution is 6.34. The Hall–Kier alpha value is -4.75. The van der Waals surface area contributed by atoms with Gasteiger partial charge >= 0.3 is 0 Å². The van der Waals surface area contributed by atoms with E-state index in [1.807, 2.05) is 11.8 Å². The van der Waals surface area contributed by atoms with Gasteiger partial charge in [0.1, 0.15) is 5.69 Å². The van der Waals surface area contributed by atoms with Crippen LogP contribution in [-0.2, 0) is 18.3 Å². The molecule has 0 aliphatic carbocycles. The largest absolute Gasteiger partial charge is 0.397 e. The van der Waals surface area contributed by atoms with Crippen LogP contribution in [0.5, 0.6) is 0 Å². The number of imidazole rings is 1. The van der Waals surface area contributed by atoms with E-state index in [0.717, 1.165) is 37.2 Å². The Morgan fingerprint density at radius 2 is 1.70 bits per heavy atom. The lowest BCUT2D eigenvalue weighted by atomic mass is 9.95. The predicted octanol–water partition coefficient (Wildman–Crippen LogP) is 3.55. The van der Waals surface area contributed by atoms with E-state index in [0.29, 0.717) is 66.6 Å². The fourth-order valence-corrected chi connectivity index (χ4v) is 6.52. The van der Waals surface area contributed by atoms with Crippen molar-refractivity contribution in [3.63, 3.8) is 0 Å². The lowest BCUT2D eigenvalue weighted by Gasteiger charge is -2.38. The third-order valence-corrected chi connectivity index (χ3v) is 9.39. The fraction of sp³-hybridized carbons (Fsp3) is 0.394.